The standard InChI is InChI=1S/C13H15ClN2S/c1-10(12-4-2-3-8-16-12)15-9-7-11-5-6-13(14)17-11/h2-6,8,10,15H,7,9H2,1H3. The van der Waals surface area contributed by atoms with Crippen LogP contribution in [0.4, 0.5) is 0 Å². The lowest BCUT2D eigenvalue weighted by atomic mass is 10.2. The van der Waals surface area contributed by atoms with Gasteiger partial charge in [-0.05, 0) is 37.6 Å². The van der Waals surface area contributed by atoms with Crippen LogP contribution in [0.3, 0.4) is 0 Å². The summed E-state index contributed by atoms with van der Waals surface area (Å²) in [7, 11) is 0. The Morgan fingerprint density at radius 3 is 2.88 bits per heavy atom. The van der Waals surface area contributed by atoms with Gasteiger partial charge in [0.1, 0.15) is 0 Å². The number of aromatic nitrogens is 1. The molecule has 2 aromatic rings. The van der Waals surface area contributed by atoms with Crippen LogP contribution in [-0.4, -0.2) is 11.5 Å². The minimum atomic E-state index is 0.284. The predicted octanol–water partition coefficient (Wildman–Crippen LogP) is 3.69. The molecule has 90 valence electrons. The molecule has 0 saturated heterocycles. The third-order valence-electron chi connectivity index (χ3n) is 2.58. The molecule has 0 aliphatic heterocycles. The van der Waals surface area contributed by atoms with E-state index >= 15 is 0 Å². The number of nitrogens with one attached hydrogen (secondary N) is 1. The molecule has 0 bridgehead atoms. The molecule has 1 unspecified atom stereocenters. The second kappa shape index (κ2) is 6.15. The van der Waals surface area contributed by atoms with Gasteiger partial charge in [0.15, 0.2) is 0 Å². The Kier molecular flexibility index (Phi) is 4.54. The number of halogens is 1. The molecule has 0 radical (unpaired) electrons. The first-order valence-electron chi connectivity index (χ1n) is 5.64. The van der Waals surface area contributed by atoms with Crippen molar-refractivity contribution in [2.24, 2.45) is 0 Å². The van der Waals surface area contributed by atoms with Crippen molar-refractivity contribution in [1.82, 2.24) is 10.3 Å². The van der Waals surface area contributed by atoms with Crippen molar-refractivity contribution in [2.45, 2.75) is 19.4 Å². The van der Waals surface area contributed by atoms with Crippen LogP contribution in [0.1, 0.15) is 23.5 Å². The minimum Gasteiger partial charge on any atom is -0.308 e. The van der Waals surface area contributed by atoms with Gasteiger partial charge >= 0.3 is 0 Å². The van der Waals surface area contributed by atoms with Crippen molar-refractivity contribution in [3.8, 4) is 0 Å². The number of hydrogen-bond donors (Lipinski definition) is 1. The second-order valence-electron chi connectivity index (χ2n) is 3.89. The summed E-state index contributed by atoms with van der Waals surface area (Å²) in [5, 5.41) is 3.46. The largest absolute Gasteiger partial charge is 0.308 e. The SMILES string of the molecule is CC(NCCc1ccc(Cl)s1)c1ccccn1. The molecule has 0 saturated carbocycles. The van der Waals surface area contributed by atoms with Gasteiger partial charge in [0, 0.05) is 23.7 Å². The van der Waals surface area contributed by atoms with Crippen LogP contribution in [0.15, 0.2) is 36.5 Å². The third-order valence-corrected chi connectivity index (χ3v) is 3.87. The molecule has 2 aromatic heterocycles. The summed E-state index contributed by atoms with van der Waals surface area (Å²) in [6.07, 6.45) is 2.83. The Morgan fingerprint density at radius 1 is 1.35 bits per heavy atom. The highest BCUT2D eigenvalue weighted by Crippen LogP contribution is 2.21. The van der Waals surface area contributed by atoms with E-state index in [0.717, 1.165) is 23.0 Å². The molecule has 0 spiro atoms. The summed E-state index contributed by atoms with van der Waals surface area (Å²) in [6.45, 7) is 3.07. The normalized spacial score (nSPS) is 12.6. The average molecular weight is 267 g/mol. The van der Waals surface area contributed by atoms with Gasteiger partial charge < -0.3 is 5.32 Å². The lowest BCUT2D eigenvalue weighted by Gasteiger charge is -2.12. The Morgan fingerprint density at radius 2 is 2.24 bits per heavy atom. The van der Waals surface area contributed by atoms with Crippen LogP contribution in [0.5, 0.6) is 0 Å². The first kappa shape index (κ1) is 12.6. The molecule has 1 atom stereocenters. The van der Waals surface area contributed by atoms with E-state index in [-0.39, 0.29) is 6.04 Å². The number of pyridine rings is 1. The quantitative estimate of drug-likeness (QED) is 0.893. The zero-order valence-corrected chi connectivity index (χ0v) is 11.3. The van der Waals surface area contributed by atoms with Gasteiger partial charge in [-0.3, -0.25) is 4.98 Å². The summed E-state index contributed by atoms with van der Waals surface area (Å²) in [5.41, 5.74) is 1.08. The van der Waals surface area contributed by atoms with Gasteiger partial charge in [0.05, 0.1) is 10.0 Å². The van der Waals surface area contributed by atoms with Gasteiger partial charge in [0.25, 0.3) is 0 Å². The van der Waals surface area contributed by atoms with E-state index < -0.39 is 0 Å². The molecule has 2 heterocycles. The molecule has 0 amide bonds. The van der Waals surface area contributed by atoms with Crippen LogP contribution < -0.4 is 5.32 Å². The van der Waals surface area contributed by atoms with E-state index in [9.17, 15) is 0 Å². The molecule has 17 heavy (non-hydrogen) atoms. The fourth-order valence-electron chi connectivity index (χ4n) is 1.63. The molecule has 0 aliphatic carbocycles. The lowest BCUT2D eigenvalue weighted by molar-refractivity contribution is 0.566. The number of rotatable bonds is 5. The van der Waals surface area contributed by atoms with Gasteiger partial charge in [-0.1, -0.05) is 17.7 Å². The Bertz CT molecular complexity index is 455. The molecule has 0 aliphatic rings. The van der Waals surface area contributed by atoms with Crippen LogP contribution in [0, 0.1) is 0 Å². The summed E-state index contributed by atoms with van der Waals surface area (Å²) < 4.78 is 0.859. The van der Waals surface area contributed by atoms with Crippen LogP contribution in [0.2, 0.25) is 4.34 Å². The molecule has 0 aromatic carbocycles. The second-order valence-corrected chi connectivity index (χ2v) is 5.69. The molecule has 1 N–H and O–H groups in total. The van der Waals surface area contributed by atoms with Crippen LogP contribution in [0.25, 0.3) is 0 Å². The first-order valence-corrected chi connectivity index (χ1v) is 6.83. The maximum absolute atomic E-state index is 5.89. The highest BCUT2D eigenvalue weighted by Gasteiger charge is 2.05. The number of thiophene rings is 1. The van der Waals surface area contributed by atoms with Crippen molar-refractivity contribution in [1.29, 1.82) is 0 Å². The van der Waals surface area contributed by atoms with Crippen LogP contribution in [-0.2, 0) is 6.42 Å². The minimum absolute atomic E-state index is 0.284. The average Bonchev–Trinajstić information content (AvgIpc) is 2.76. The Balaban J connectivity index is 1.79. The fraction of sp³-hybridized carbons (Fsp3) is 0.308. The Labute approximate surface area is 111 Å². The maximum Gasteiger partial charge on any atom is 0.0931 e. The summed E-state index contributed by atoms with van der Waals surface area (Å²) in [6, 6.07) is 10.3. The highest BCUT2D eigenvalue weighted by molar-refractivity contribution is 7.16. The van der Waals surface area contributed by atoms with Crippen molar-refractivity contribution in [3.63, 3.8) is 0 Å². The van der Waals surface area contributed by atoms with Crippen molar-refractivity contribution in [2.75, 3.05) is 6.54 Å². The van der Waals surface area contributed by atoms with Gasteiger partial charge in [-0.15, -0.1) is 11.3 Å². The fourth-order valence-corrected chi connectivity index (χ4v) is 2.72. The molecular formula is C13H15ClN2S. The third kappa shape index (κ3) is 3.80. The van der Waals surface area contributed by atoms with E-state index in [0.29, 0.717) is 0 Å². The Hall–Kier alpha value is -0.900. The summed E-state index contributed by atoms with van der Waals surface area (Å²) >= 11 is 7.53. The number of nitrogens with zero attached hydrogens (tertiary/aromatic N) is 1. The number of hydrogen-bond acceptors (Lipinski definition) is 3. The molecular weight excluding hydrogens is 252 g/mol. The van der Waals surface area contributed by atoms with E-state index in [1.165, 1.54) is 4.88 Å². The van der Waals surface area contributed by atoms with Gasteiger partial charge in [-0.25, -0.2) is 0 Å². The van der Waals surface area contributed by atoms with E-state index in [4.69, 9.17) is 11.6 Å². The zero-order chi connectivity index (χ0) is 12.1. The summed E-state index contributed by atoms with van der Waals surface area (Å²) in [5.74, 6) is 0. The smallest absolute Gasteiger partial charge is 0.0931 e. The van der Waals surface area contributed by atoms with E-state index in [1.54, 1.807) is 11.3 Å². The maximum atomic E-state index is 5.89. The van der Waals surface area contributed by atoms with Crippen molar-refractivity contribution < 1.29 is 0 Å². The van der Waals surface area contributed by atoms with Crippen LogP contribution >= 0.6 is 22.9 Å². The van der Waals surface area contributed by atoms with Gasteiger partial charge in [0.2, 0.25) is 0 Å². The molecule has 0 fully saturated rings. The first-order chi connectivity index (χ1) is 8.25. The lowest BCUT2D eigenvalue weighted by Crippen LogP contribution is -2.21. The molecule has 2 nitrogen and oxygen atoms in total. The molecule has 4 heteroatoms. The highest BCUT2D eigenvalue weighted by atomic mass is 35.5. The van der Waals surface area contributed by atoms with Crippen molar-refractivity contribution >= 4 is 22.9 Å². The molecule has 2 rings (SSSR count). The predicted molar refractivity (Wildman–Crippen MR) is 73.7 cm³/mol. The van der Waals surface area contributed by atoms with E-state index in [1.807, 2.05) is 30.5 Å². The zero-order valence-electron chi connectivity index (χ0n) is 9.69. The topological polar surface area (TPSA) is 24.9 Å². The van der Waals surface area contributed by atoms with E-state index in [2.05, 4.69) is 23.3 Å². The van der Waals surface area contributed by atoms with Gasteiger partial charge in [-0.2, -0.15) is 0 Å². The monoisotopic (exact) mass is 266 g/mol. The van der Waals surface area contributed by atoms with Crippen molar-refractivity contribution in [3.05, 3.63) is 51.4 Å². The summed E-state index contributed by atoms with van der Waals surface area (Å²) in [4.78, 5) is 5.64.